The van der Waals surface area contributed by atoms with E-state index in [4.69, 9.17) is 4.55 Å². The first kappa shape index (κ1) is 21.5. The third-order valence-electron chi connectivity index (χ3n) is 4.88. The van der Waals surface area contributed by atoms with Gasteiger partial charge in [0.1, 0.15) is 17.7 Å². The Bertz CT molecular complexity index is 994. The molecule has 0 aliphatic carbocycles. The van der Waals surface area contributed by atoms with Crippen LogP contribution in [0, 0.1) is 0 Å². The van der Waals surface area contributed by atoms with E-state index in [0.29, 0.717) is 6.54 Å². The van der Waals surface area contributed by atoms with Crippen LogP contribution in [0.5, 0.6) is 5.75 Å². The zero-order valence-electron chi connectivity index (χ0n) is 16.0. The molecule has 2 heterocycles. The fourth-order valence-corrected chi connectivity index (χ4v) is 3.93. The number of carbonyl (C=O) groups is 4. The number of benzene rings is 1. The largest absolute Gasteiger partial charge is 0.508 e. The highest BCUT2D eigenvalue weighted by Crippen LogP contribution is 2.28. The SMILES string of the molecule is CCN1CCN(C(=O)N(c2ccc(O)cc2)C2CN(CS(=O)(=O)O)C2=O)C(=O)C1=O. The second kappa shape index (κ2) is 7.91. The minimum absolute atomic E-state index is 0.0680. The Morgan fingerprint density at radius 3 is 2.27 bits per heavy atom. The Balaban J connectivity index is 1.89. The van der Waals surface area contributed by atoms with Crippen molar-refractivity contribution in [1.29, 1.82) is 0 Å². The highest BCUT2D eigenvalue weighted by molar-refractivity contribution is 7.85. The van der Waals surface area contributed by atoms with E-state index in [1.54, 1.807) is 6.92 Å². The fourth-order valence-electron chi connectivity index (χ4n) is 3.31. The number of likely N-dealkylation sites (N-methyl/N-ethyl adjacent to an activating group) is 1. The maximum atomic E-state index is 13.2. The summed E-state index contributed by atoms with van der Waals surface area (Å²) in [5.41, 5.74) is 0.167. The van der Waals surface area contributed by atoms with Gasteiger partial charge < -0.3 is 14.9 Å². The van der Waals surface area contributed by atoms with E-state index in [2.05, 4.69) is 0 Å². The first-order valence-electron chi connectivity index (χ1n) is 9.00. The van der Waals surface area contributed by atoms with Crippen molar-refractivity contribution < 1.29 is 37.3 Å². The molecule has 2 fully saturated rings. The van der Waals surface area contributed by atoms with Crippen molar-refractivity contribution in [2.24, 2.45) is 0 Å². The number of piperazine rings is 1. The van der Waals surface area contributed by atoms with Crippen LogP contribution in [0.25, 0.3) is 0 Å². The highest BCUT2D eigenvalue weighted by atomic mass is 32.2. The Morgan fingerprint density at radius 1 is 1.10 bits per heavy atom. The molecule has 2 aliphatic heterocycles. The molecule has 0 radical (unpaired) electrons. The second-order valence-electron chi connectivity index (χ2n) is 6.80. The highest BCUT2D eigenvalue weighted by Gasteiger charge is 2.48. The zero-order chi connectivity index (χ0) is 22.2. The number of phenolic OH excluding ortho intramolecular Hbond substituents is 1. The molecule has 1 aromatic carbocycles. The Morgan fingerprint density at radius 2 is 1.73 bits per heavy atom. The van der Waals surface area contributed by atoms with E-state index in [1.807, 2.05) is 0 Å². The number of hydrogen-bond donors (Lipinski definition) is 2. The van der Waals surface area contributed by atoms with Gasteiger partial charge in [0, 0.05) is 25.3 Å². The normalized spacial score (nSPS) is 19.7. The van der Waals surface area contributed by atoms with Crippen LogP contribution in [0.1, 0.15) is 6.92 Å². The number of aromatic hydroxyl groups is 1. The number of likely N-dealkylation sites (tertiary alicyclic amines) is 1. The Labute approximate surface area is 172 Å². The van der Waals surface area contributed by atoms with Gasteiger partial charge in [-0.25, -0.2) is 4.79 Å². The van der Waals surface area contributed by atoms with E-state index in [9.17, 15) is 32.7 Å². The molecule has 5 amide bonds. The van der Waals surface area contributed by atoms with E-state index in [-0.39, 0.29) is 31.1 Å². The molecule has 0 spiro atoms. The van der Waals surface area contributed by atoms with Crippen molar-refractivity contribution in [2.75, 3.05) is 37.0 Å². The van der Waals surface area contributed by atoms with Gasteiger partial charge in [0.15, 0.2) is 0 Å². The zero-order valence-corrected chi connectivity index (χ0v) is 16.8. The third kappa shape index (κ3) is 4.07. The first-order valence-corrected chi connectivity index (χ1v) is 10.6. The van der Waals surface area contributed by atoms with Crippen molar-refractivity contribution in [3.05, 3.63) is 24.3 Å². The van der Waals surface area contributed by atoms with Crippen molar-refractivity contribution in [3.8, 4) is 5.75 Å². The number of anilines is 1. The lowest BCUT2D eigenvalue weighted by molar-refractivity contribution is -0.153. The smallest absolute Gasteiger partial charge is 0.332 e. The van der Waals surface area contributed by atoms with Crippen LogP contribution >= 0.6 is 0 Å². The predicted molar refractivity (Wildman–Crippen MR) is 102 cm³/mol. The van der Waals surface area contributed by atoms with Gasteiger partial charge in [-0.15, -0.1) is 0 Å². The minimum atomic E-state index is -4.45. The molecular formula is C17H20N4O8S. The molecule has 0 aromatic heterocycles. The number of imide groups is 1. The molecule has 2 N–H and O–H groups in total. The molecule has 0 saturated carbocycles. The third-order valence-corrected chi connectivity index (χ3v) is 5.51. The molecule has 30 heavy (non-hydrogen) atoms. The number of amides is 5. The molecule has 1 atom stereocenters. The quantitative estimate of drug-likeness (QED) is 0.338. The summed E-state index contributed by atoms with van der Waals surface area (Å²) in [4.78, 5) is 54.1. The van der Waals surface area contributed by atoms with Crippen LogP contribution in [-0.2, 0) is 24.5 Å². The summed E-state index contributed by atoms with van der Waals surface area (Å²) in [6, 6.07) is 3.18. The summed E-state index contributed by atoms with van der Waals surface area (Å²) in [6.45, 7) is 1.87. The number of urea groups is 1. The maximum absolute atomic E-state index is 13.2. The maximum Gasteiger partial charge on any atom is 0.332 e. The van der Waals surface area contributed by atoms with Crippen molar-refractivity contribution in [1.82, 2.24) is 14.7 Å². The lowest BCUT2D eigenvalue weighted by Crippen LogP contribution is -2.69. The monoisotopic (exact) mass is 440 g/mol. The van der Waals surface area contributed by atoms with Gasteiger partial charge in [-0.2, -0.15) is 8.42 Å². The van der Waals surface area contributed by atoms with Crippen LogP contribution in [0.15, 0.2) is 24.3 Å². The van der Waals surface area contributed by atoms with Gasteiger partial charge in [0.05, 0.1) is 6.54 Å². The molecule has 3 rings (SSSR count). The summed E-state index contributed by atoms with van der Waals surface area (Å²) in [5.74, 6) is -3.64. The van der Waals surface area contributed by atoms with Crippen LogP contribution in [0.4, 0.5) is 10.5 Å². The van der Waals surface area contributed by atoms with Gasteiger partial charge in [0.25, 0.3) is 10.1 Å². The lowest BCUT2D eigenvalue weighted by Gasteiger charge is -2.45. The van der Waals surface area contributed by atoms with Gasteiger partial charge >= 0.3 is 17.8 Å². The number of hydrogen-bond acceptors (Lipinski definition) is 7. The lowest BCUT2D eigenvalue weighted by atomic mass is 10.1. The molecule has 1 aromatic rings. The van der Waals surface area contributed by atoms with Crippen LogP contribution in [-0.4, -0.2) is 94.6 Å². The number of carbonyl (C=O) groups excluding carboxylic acids is 4. The molecule has 0 bridgehead atoms. The minimum Gasteiger partial charge on any atom is -0.508 e. The summed E-state index contributed by atoms with van der Waals surface area (Å²) >= 11 is 0. The summed E-state index contributed by atoms with van der Waals surface area (Å²) in [5, 5.41) is 9.50. The molecule has 12 nitrogen and oxygen atoms in total. The summed E-state index contributed by atoms with van der Waals surface area (Å²) in [6.07, 6.45) is 0. The number of nitrogens with zero attached hydrogens (tertiary/aromatic N) is 4. The van der Waals surface area contributed by atoms with Crippen molar-refractivity contribution in [2.45, 2.75) is 13.0 Å². The summed E-state index contributed by atoms with van der Waals surface area (Å²) in [7, 11) is -4.45. The standard InChI is InChI=1S/C17H20N4O8S/c1-2-18-7-8-20(16(25)15(18)24)17(26)21(11-3-5-12(22)6-4-11)13-9-19(14(13)23)10-30(27,28)29/h3-6,13,22H,2,7-10H2,1H3,(H,27,28,29). The average molecular weight is 440 g/mol. The van der Waals surface area contributed by atoms with Crippen molar-refractivity contribution >= 4 is 39.6 Å². The topological polar surface area (TPSA) is 156 Å². The fraction of sp³-hybridized carbons (Fsp3) is 0.412. The van der Waals surface area contributed by atoms with Crippen LogP contribution < -0.4 is 4.90 Å². The van der Waals surface area contributed by atoms with Gasteiger partial charge in [-0.1, -0.05) is 0 Å². The molecular weight excluding hydrogens is 420 g/mol. The van der Waals surface area contributed by atoms with Gasteiger partial charge in [-0.3, -0.25) is 28.7 Å². The van der Waals surface area contributed by atoms with Gasteiger partial charge in [-0.05, 0) is 31.2 Å². The Hall–Kier alpha value is -3.19. The number of β-lactam (4-membered cyclic amide) rings is 1. The van der Waals surface area contributed by atoms with Crippen molar-refractivity contribution in [3.63, 3.8) is 0 Å². The second-order valence-corrected chi connectivity index (χ2v) is 8.22. The predicted octanol–water partition coefficient (Wildman–Crippen LogP) is -0.935. The summed E-state index contributed by atoms with van der Waals surface area (Å²) < 4.78 is 31.0. The molecule has 1 unspecified atom stereocenters. The Kier molecular flexibility index (Phi) is 5.67. The molecule has 2 saturated heterocycles. The molecule has 162 valence electrons. The molecule has 2 aliphatic rings. The van der Waals surface area contributed by atoms with E-state index >= 15 is 0 Å². The van der Waals surface area contributed by atoms with E-state index < -0.39 is 45.8 Å². The number of rotatable bonds is 5. The number of phenols is 1. The van der Waals surface area contributed by atoms with E-state index in [0.717, 1.165) is 14.7 Å². The average Bonchev–Trinajstić information content (AvgIpc) is 2.69. The van der Waals surface area contributed by atoms with E-state index in [1.165, 1.54) is 29.2 Å². The van der Waals surface area contributed by atoms with Crippen LogP contribution in [0.3, 0.4) is 0 Å². The van der Waals surface area contributed by atoms with Crippen LogP contribution in [0.2, 0.25) is 0 Å². The first-order chi connectivity index (χ1) is 14.0. The van der Waals surface area contributed by atoms with Gasteiger partial charge in [0.2, 0.25) is 5.91 Å². The molecule has 13 heteroatoms.